The van der Waals surface area contributed by atoms with Gasteiger partial charge < -0.3 is 15.2 Å². The van der Waals surface area contributed by atoms with Gasteiger partial charge >= 0.3 is 5.97 Å². The average molecular weight is 355 g/mol. The Kier molecular flexibility index (Phi) is 6.78. The lowest BCUT2D eigenvalue weighted by molar-refractivity contribution is -0.124. The van der Waals surface area contributed by atoms with E-state index in [0.29, 0.717) is 5.92 Å². The first-order chi connectivity index (χ1) is 12.3. The van der Waals surface area contributed by atoms with Gasteiger partial charge in [0.2, 0.25) is 0 Å². The van der Waals surface area contributed by atoms with E-state index in [1.807, 2.05) is 19.1 Å². The Balaban J connectivity index is 1.84. The third-order valence-electron chi connectivity index (χ3n) is 3.92. The Labute approximate surface area is 154 Å². The zero-order valence-corrected chi connectivity index (χ0v) is 15.4. The van der Waals surface area contributed by atoms with Crippen molar-refractivity contribution in [1.29, 1.82) is 0 Å². The first-order valence-corrected chi connectivity index (χ1v) is 8.69. The summed E-state index contributed by atoms with van der Waals surface area (Å²) >= 11 is 0. The second kappa shape index (κ2) is 9.04. The molecule has 2 rings (SSSR count). The molecule has 2 aromatic rings. The first-order valence-electron chi connectivity index (χ1n) is 8.69. The van der Waals surface area contributed by atoms with E-state index < -0.39 is 5.97 Å². The summed E-state index contributed by atoms with van der Waals surface area (Å²) in [5.41, 5.74) is 2.46. The predicted molar refractivity (Wildman–Crippen MR) is 99.9 cm³/mol. The van der Waals surface area contributed by atoms with Crippen LogP contribution in [0.5, 0.6) is 5.75 Å². The first kappa shape index (κ1) is 19.5. The van der Waals surface area contributed by atoms with Crippen molar-refractivity contribution in [1.82, 2.24) is 5.32 Å². The van der Waals surface area contributed by atoms with E-state index in [-0.39, 0.29) is 29.9 Å². The number of phenols is 1. The number of phenolic OH excluding ortho intramolecular Hbond substituents is 1. The van der Waals surface area contributed by atoms with Crippen LogP contribution in [0, 0.1) is 5.92 Å². The molecule has 138 valence electrons. The van der Waals surface area contributed by atoms with E-state index in [1.54, 1.807) is 0 Å². The summed E-state index contributed by atoms with van der Waals surface area (Å²) in [6, 6.07) is 13.8. The van der Waals surface area contributed by atoms with Crippen molar-refractivity contribution in [2.75, 3.05) is 6.61 Å². The van der Waals surface area contributed by atoms with Crippen molar-refractivity contribution in [2.45, 2.75) is 33.2 Å². The molecular formula is C21H25NO4. The van der Waals surface area contributed by atoms with Crippen LogP contribution >= 0.6 is 0 Å². The molecule has 2 aromatic carbocycles. The highest BCUT2D eigenvalue weighted by atomic mass is 16.5. The van der Waals surface area contributed by atoms with Crippen LogP contribution in [0.4, 0.5) is 0 Å². The van der Waals surface area contributed by atoms with Gasteiger partial charge in [0.25, 0.3) is 5.91 Å². The number of hydrogen-bond acceptors (Lipinski definition) is 4. The maximum atomic E-state index is 12.0. The van der Waals surface area contributed by atoms with Crippen LogP contribution in [0.3, 0.4) is 0 Å². The molecule has 0 bridgehead atoms. The highest BCUT2D eigenvalue weighted by Crippen LogP contribution is 2.16. The largest absolute Gasteiger partial charge is 0.508 e. The number of carbonyl (C=O) groups excluding carboxylic acids is 2. The fourth-order valence-corrected chi connectivity index (χ4v) is 2.63. The van der Waals surface area contributed by atoms with Crippen LogP contribution in [-0.2, 0) is 16.0 Å². The minimum absolute atomic E-state index is 0.0292. The van der Waals surface area contributed by atoms with E-state index in [2.05, 4.69) is 31.3 Å². The molecule has 0 fully saturated rings. The summed E-state index contributed by atoms with van der Waals surface area (Å²) in [7, 11) is 0. The third-order valence-corrected chi connectivity index (χ3v) is 3.92. The van der Waals surface area contributed by atoms with E-state index in [4.69, 9.17) is 4.74 Å². The van der Waals surface area contributed by atoms with Gasteiger partial charge in [-0.05, 0) is 48.6 Å². The second-order valence-corrected chi connectivity index (χ2v) is 6.76. The Hall–Kier alpha value is -2.82. The monoisotopic (exact) mass is 355 g/mol. The molecule has 2 N–H and O–H groups in total. The topological polar surface area (TPSA) is 75.6 Å². The number of nitrogens with one attached hydrogen (secondary N) is 1. The van der Waals surface area contributed by atoms with Crippen molar-refractivity contribution in [3.05, 3.63) is 65.2 Å². The van der Waals surface area contributed by atoms with Gasteiger partial charge in [0, 0.05) is 0 Å². The SMILES string of the molecule is CC(C)Cc1ccc([C@@H](C)NC(=O)COC(=O)c2cccc(O)c2)cc1. The zero-order chi connectivity index (χ0) is 19.1. The number of esters is 1. The quantitative estimate of drug-likeness (QED) is 0.744. The Morgan fingerprint density at radius 1 is 1.08 bits per heavy atom. The summed E-state index contributed by atoms with van der Waals surface area (Å²) in [5.74, 6) is -0.461. The van der Waals surface area contributed by atoms with Crippen molar-refractivity contribution in [3.63, 3.8) is 0 Å². The molecule has 0 aliphatic heterocycles. The zero-order valence-electron chi connectivity index (χ0n) is 15.4. The number of aromatic hydroxyl groups is 1. The molecule has 1 atom stereocenters. The molecule has 0 unspecified atom stereocenters. The van der Waals surface area contributed by atoms with Crippen LogP contribution in [0.25, 0.3) is 0 Å². The van der Waals surface area contributed by atoms with Gasteiger partial charge in [-0.25, -0.2) is 4.79 Å². The van der Waals surface area contributed by atoms with Crippen LogP contribution in [0.1, 0.15) is 48.3 Å². The van der Waals surface area contributed by atoms with Crippen LogP contribution in [0.15, 0.2) is 48.5 Å². The van der Waals surface area contributed by atoms with Gasteiger partial charge in [-0.2, -0.15) is 0 Å². The fraction of sp³-hybridized carbons (Fsp3) is 0.333. The second-order valence-electron chi connectivity index (χ2n) is 6.76. The number of amides is 1. The minimum Gasteiger partial charge on any atom is -0.508 e. The molecule has 26 heavy (non-hydrogen) atoms. The predicted octanol–water partition coefficient (Wildman–Crippen LogP) is 3.62. The number of rotatable bonds is 7. The van der Waals surface area contributed by atoms with Gasteiger partial charge in [0.05, 0.1) is 11.6 Å². The highest BCUT2D eigenvalue weighted by molar-refractivity contribution is 5.91. The molecule has 0 saturated carbocycles. The van der Waals surface area contributed by atoms with Crippen LogP contribution in [0.2, 0.25) is 0 Å². The molecule has 0 radical (unpaired) electrons. The summed E-state index contributed by atoms with van der Waals surface area (Å²) in [6.45, 7) is 5.86. The average Bonchev–Trinajstić information content (AvgIpc) is 2.59. The smallest absolute Gasteiger partial charge is 0.338 e. The molecular weight excluding hydrogens is 330 g/mol. The Bertz CT molecular complexity index is 753. The minimum atomic E-state index is -0.651. The van der Waals surface area contributed by atoms with E-state index in [1.165, 1.54) is 29.8 Å². The molecule has 0 aromatic heterocycles. The Morgan fingerprint density at radius 3 is 2.38 bits per heavy atom. The van der Waals surface area contributed by atoms with Crippen molar-refractivity contribution in [3.8, 4) is 5.75 Å². The number of carbonyl (C=O) groups is 2. The van der Waals surface area contributed by atoms with Crippen LogP contribution < -0.4 is 5.32 Å². The maximum Gasteiger partial charge on any atom is 0.338 e. The van der Waals surface area contributed by atoms with Gasteiger partial charge in [0.1, 0.15) is 5.75 Å². The summed E-state index contributed by atoms with van der Waals surface area (Å²) < 4.78 is 4.98. The molecule has 1 amide bonds. The molecule has 0 heterocycles. The van der Waals surface area contributed by atoms with Crippen molar-refractivity contribution in [2.24, 2.45) is 5.92 Å². The normalized spacial score (nSPS) is 11.8. The van der Waals surface area contributed by atoms with Crippen LogP contribution in [-0.4, -0.2) is 23.6 Å². The molecule has 5 heteroatoms. The lowest BCUT2D eigenvalue weighted by Gasteiger charge is -2.15. The molecule has 0 aliphatic rings. The summed E-state index contributed by atoms with van der Waals surface area (Å²) in [4.78, 5) is 23.9. The van der Waals surface area contributed by atoms with Gasteiger partial charge in [-0.1, -0.05) is 44.2 Å². The van der Waals surface area contributed by atoms with Crippen molar-refractivity contribution >= 4 is 11.9 Å². The molecule has 0 aliphatic carbocycles. The fourth-order valence-electron chi connectivity index (χ4n) is 2.63. The van der Waals surface area contributed by atoms with E-state index >= 15 is 0 Å². The highest BCUT2D eigenvalue weighted by Gasteiger charge is 2.13. The molecule has 5 nitrogen and oxygen atoms in total. The number of benzene rings is 2. The van der Waals surface area contributed by atoms with Gasteiger partial charge in [-0.3, -0.25) is 4.79 Å². The summed E-state index contributed by atoms with van der Waals surface area (Å²) in [6.07, 6.45) is 1.02. The van der Waals surface area contributed by atoms with Crippen molar-refractivity contribution < 1.29 is 19.4 Å². The summed E-state index contributed by atoms with van der Waals surface area (Å²) in [5, 5.41) is 12.2. The number of hydrogen-bond donors (Lipinski definition) is 2. The van der Waals surface area contributed by atoms with Gasteiger partial charge in [-0.15, -0.1) is 0 Å². The molecule has 0 saturated heterocycles. The third kappa shape index (κ3) is 5.92. The lowest BCUT2D eigenvalue weighted by Crippen LogP contribution is -2.31. The standard InChI is InChI=1S/C21H25NO4/c1-14(2)11-16-7-9-17(10-8-16)15(3)22-20(24)13-26-21(25)18-5-4-6-19(23)12-18/h4-10,12,14-15,23H,11,13H2,1-3H3,(H,22,24)/t15-/m1/s1. The van der Waals surface area contributed by atoms with Gasteiger partial charge in [0.15, 0.2) is 6.61 Å². The van der Waals surface area contributed by atoms with E-state index in [9.17, 15) is 14.7 Å². The molecule has 0 spiro atoms. The lowest BCUT2D eigenvalue weighted by atomic mass is 10.00. The Morgan fingerprint density at radius 2 is 1.77 bits per heavy atom. The number of ether oxygens (including phenoxy) is 1. The van der Waals surface area contributed by atoms with E-state index in [0.717, 1.165) is 12.0 Å². The maximum absolute atomic E-state index is 12.0.